The molecule has 0 aliphatic carbocycles. The molecule has 3 aromatic carbocycles. The van der Waals surface area contributed by atoms with Gasteiger partial charge in [0, 0.05) is 23.6 Å². The molecule has 0 saturated carbocycles. The summed E-state index contributed by atoms with van der Waals surface area (Å²) in [6.07, 6.45) is -9.43. The van der Waals surface area contributed by atoms with Gasteiger partial charge in [0.25, 0.3) is 0 Å². The lowest BCUT2D eigenvalue weighted by Gasteiger charge is -2.37. The summed E-state index contributed by atoms with van der Waals surface area (Å²) in [5.74, 6) is -0.256. The van der Waals surface area contributed by atoms with Crippen LogP contribution in [0.5, 0.6) is 0 Å². The van der Waals surface area contributed by atoms with E-state index in [0.717, 1.165) is 19.4 Å². The molecule has 4 nitrogen and oxygen atoms in total. The first-order chi connectivity index (χ1) is 18.1. The Morgan fingerprint density at radius 3 is 1.67 bits per heavy atom. The van der Waals surface area contributed by atoms with Crippen LogP contribution in [0.25, 0.3) is 0 Å². The second-order valence-electron chi connectivity index (χ2n) is 10.1. The van der Waals surface area contributed by atoms with Crippen molar-refractivity contribution in [2.45, 2.75) is 57.7 Å². The molecule has 2 aliphatic heterocycles. The second-order valence-corrected chi connectivity index (χ2v) is 10.1. The van der Waals surface area contributed by atoms with E-state index in [2.05, 4.69) is 9.98 Å². The van der Waals surface area contributed by atoms with Gasteiger partial charge in [-0.05, 0) is 74.7 Å². The Bertz CT molecular complexity index is 1510. The molecule has 0 fully saturated rings. The van der Waals surface area contributed by atoms with Crippen molar-refractivity contribution in [3.63, 3.8) is 0 Å². The van der Waals surface area contributed by atoms with E-state index in [0.29, 0.717) is 16.7 Å². The number of aliphatic imine (C=N–C) groups is 2. The third-order valence-corrected chi connectivity index (χ3v) is 7.09. The number of nitrogens with zero attached hydrogens (tertiary/aromatic N) is 2. The predicted molar refractivity (Wildman–Crippen MR) is 135 cm³/mol. The molecule has 0 amide bonds. The molecule has 0 radical (unpaired) electrons. The smallest absolute Gasteiger partial charge is 0.432 e. The molecule has 0 aromatic heterocycles. The van der Waals surface area contributed by atoms with Crippen molar-refractivity contribution < 1.29 is 35.8 Å². The molecule has 10 heteroatoms. The normalized spacial score (nSPS) is 22.6. The Morgan fingerprint density at radius 1 is 0.667 bits per heavy atom. The predicted octanol–water partition coefficient (Wildman–Crippen LogP) is 8.33. The average molecular weight is 547 g/mol. The lowest BCUT2D eigenvalue weighted by molar-refractivity contribution is -0.253. The average Bonchev–Trinajstić information content (AvgIpc) is 2.84. The van der Waals surface area contributed by atoms with Crippen molar-refractivity contribution in [2.24, 2.45) is 9.98 Å². The molecule has 2 heterocycles. The molecule has 0 N–H and O–H groups in total. The number of aryl methyl sites for hydroxylation is 1. The van der Waals surface area contributed by atoms with Crippen LogP contribution in [0.2, 0.25) is 0 Å². The van der Waals surface area contributed by atoms with E-state index in [4.69, 9.17) is 9.47 Å². The summed E-state index contributed by atoms with van der Waals surface area (Å²) in [7, 11) is 0. The minimum absolute atomic E-state index is 0.0691. The van der Waals surface area contributed by atoms with Crippen LogP contribution in [0.4, 0.5) is 37.7 Å². The largest absolute Gasteiger partial charge is 0.460 e. The number of halogens is 6. The number of hydrogen-bond acceptors (Lipinski definition) is 4. The van der Waals surface area contributed by atoms with Crippen LogP contribution in [0.15, 0.2) is 70.6 Å². The lowest BCUT2D eigenvalue weighted by atomic mass is 9.87. The van der Waals surface area contributed by atoms with Crippen LogP contribution >= 0.6 is 0 Å². The Kier molecular flexibility index (Phi) is 6.08. The molecule has 0 saturated heterocycles. The fourth-order valence-electron chi connectivity index (χ4n) is 4.75. The highest BCUT2D eigenvalue weighted by Crippen LogP contribution is 2.50. The van der Waals surface area contributed by atoms with Gasteiger partial charge in [0.05, 0.1) is 11.4 Å². The SMILES string of the molecule is CC1=Nc2ccc(Cc3ccc4c(c3)C(C)(C(F)(F)F)OC(c3ccc(C)cc3)=N4)cc2C(C)(C(F)(F)F)O1. The van der Waals surface area contributed by atoms with Gasteiger partial charge in [-0.15, -0.1) is 0 Å². The Balaban J connectivity index is 1.55. The van der Waals surface area contributed by atoms with Crippen LogP contribution in [0, 0.1) is 6.92 Å². The third-order valence-electron chi connectivity index (χ3n) is 7.09. The van der Waals surface area contributed by atoms with Crippen molar-refractivity contribution in [1.82, 2.24) is 0 Å². The summed E-state index contributed by atoms with van der Waals surface area (Å²) in [5, 5.41) is 0. The number of rotatable bonds is 3. The first-order valence-electron chi connectivity index (χ1n) is 12.1. The number of benzene rings is 3. The van der Waals surface area contributed by atoms with E-state index in [1.807, 2.05) is 6.92 Å². The topological polar surface area (TPSA) is 43.2 Å². The van der Waals surface area contributed by atoms with Crippen molar-refractivity contribution in [2.75, 3.05) is 0 Å². The number of fused-ring (bicyclic) bond motifs is 2. The highest BCUT2D eigenvalue weighted by molar-refractivity contribution is 5.97. The fraction of sp³-hybridized carbons (Fsp3) is 0.310. The monoisotopic (exact) mass is 546 g/mol. The maximum Gasteiger partial charge on any atom is 0.432 e. The molecule has 204 valence electrons. The molecular weight excluding hydrogens is 522 g/mol. The van der Waals surface area contributed by atoms with E-state index in [-0.39, 0.29) is 40.7 Å². The maximum atomic E-state index is 14.4. The first kappa shape index (κ1) is 26.8. The summed E-state index contributed by atoms with van der Waals surface area (Å²) in [4.78, 5) is 8.43. The van der Waals surface area contributed by atoms with Crippen molar-refractivity contribution in [3.05, 3.63) is 94.0 Å². The van der Waals surface area contributed by atoms with Gasteiger partial charge in [0.1, 0.15) is 0 Å². The van der Waals surface area contributed by atoms with Crippen molar-refractivity contribution in [3.8, 4) is 0 Å². The number of ether oxygens (including phenoxy) is 2. The molecule has 2 unspecified atom stereocenters. The standard InChI is InChI=1S/C29H24F6N2O2/c1-16-5-9-20(10-6-16)25-37-24-12-8-19(15-22(24)27(4,39-25)29(33,34)35)13-18-7-11-23-21(14-18)26(3,28(30,31)32)38-17(2)36-23/h5-12,14-15H,13H2,1-4H3. The third kappa shape index (κ3) is 4.55. The van der Waals surface area contributed by atoms with Crippen LogP contribution in [0.3, 0.4) is 0 Å². The first-order valence-corrected chi connectivity index (χ1v) is 12.1. The Morgan fingerprint density at radius 2 is 1.15 bits per heavy atom. The van der Waals surface area contributed by atoms with Gasteiger partial charge >= 0.3 is 12.4 Å². The summed E-state index contributed by atoms with van der Waals surface area (Å²) in [6, 6.07) is 15.6. The lowest BCUT2D eigenvalue weighted by Crippen LogP contribution is -2.45. The number of hydrogen-bond donors (Lipinski definition) is 0. The molecule has 0 bridgehead atoms. The van der Waals surface area contributed by atoms with Gasteiger partial charge < -0.3 is 9.47 Å². The van der Waals surface area contributed by atoms with Gasteiger partial charge in [0.2, 0.25) is 17.1 Å². The maximum absolute atomic E-state index is 14.4. The summed E-state index contributed by atoms with van der Waals surface area (Å²) < 4.78 is 95.9. The quantitative estimate of drug-likeness (QED) is 0.310. The van der Waals surface area contributed by atoms with Gasteiger partial charge in [0.15, 0.2) is 5.90 Å². The zero-order chi connectivity index (χ0) is 28.4. The van der Waals surface area contributed by atoms with E-state index >= 15 is 0 Å². The summed E-state index contributed by atoms with van der Waals surface area (Å²) in [5.41, 5.74) is -3.15. The van der Waals surface area contributed by atoms with Crippen LogP contribution in [-0.4, -0.2) is 24.1 Å². The number of alkyl halides is 6. The van der Waals surface area contributed by atoms with Gasteiger partial charge in [-0.3, -0.25) is 0 Å². The van der Waals surface area contributed by atoms with Gasteiger partial charge in [-0.25, -0.2) is 9.98 Å². The highest BCUT2D eigenvalue weighted by Gasteiger charge is 2.59. The summed E-state index contributed by atoms with van der Waals surface area (Å²) >= 11 is 0. The minimum Gasteiger partial charge on any atom is -0.460 e. The molecule has 2 aliphatic rings. The van der Waals surface area contributed by atoms with E-state index in [1.54, 1.807) is 36.4 Å². The fourth-order valence-corrected chi connectivity index (χ4v) is 4.75. The zero-order valence-electron chi connectivity index (χ0n) is 21.5. The van der Waals surface area contributed by atoms with E-state index < -0.39 is 23.6 Å². The molecule has 39 heavy (non-hydrogen) atoms. The molecule has 5 rings (SSSR count). The molecular formula is C29H24F6N2O2. The highest BCUT2D eigenvalue weighted by atomic mass is 19.4. The van der Waals surface area contributed by atoms with E-state index in [1.165, 1.54) is 31.2 Å². The Labute approximate surface area is 221 Å². The van der Waals surface area contributed by atoms with Crippen LogP contribution in [-0.2, 0) is 27.1 Å². The molecule has 0 spiro atoms. The summed E-state index contributed by atoms with van der Waals surface area (Å²) in [6.45, 7) is 5.09. The van der Waals surface area contributed by atoms with Gasteiger partial charge in [-0.1, -0.05) is 29.8 Å². The molecule has 3 aromatic rings. The minimum atomic E-state index is -4.78. The second kappa shape index (κ2) is 8.86. The van der Waals surface area contributed by atoms with Crippen molar-refractivity contribution >= 4 is 23.2 Å². The van der Waals surface area contributed by atoms with Crippen LogP contribution in [0.1, 0.15) is 54.2 Å². The van der Waals surface area contributed by atoms with E-state index in [9.17, 15) is 26.3 Å². The zero-order valence-corrected chi connectivity index (χ0v) is 21.5. The van der Waals surface area contributed by atoms with Crippen LogP contribution < -0.4 is 0 Å². The van der Waals surface area contributed by atoms with Gasteiger partial charge in [-0.2, -0.15) is 26.3 Å². The van der Waals surface area contributed by atoms with Crippen molar-refractivity contribution in [1.29, 1.82) is 0 Å². The molecule has 2 atom stereocenters. The Hall–Kier alpha value is -3.82.